The first-order valence-corrected chi connectivity index (χ1v) is 7.98. The maximum atomic E-state index is 2.42. The molecule has 0 bridgehead atoms. The predicted molar refractivity (Wildman–Crippen MR) is 88.7 cm³/mol. The summed E-state index contributed by atoms with van der Waals surface area (Å²) in [6, 6.07) is 0. The summed E-state index contributed by atoms with van der Waals surface area (Å²) in [5.74, 6) is 0.584. The number of rotatable bonds is 5. The molecule has 0 radical (unpaired) electrons. The van der Waals surface area contributed by atoms with Crippen LogP contribution in [0.3, 0.4) is 0 Å². The fraction of sp³-hybridized carbons (Fsp3) is 0.579. The van der Waals surface area contributed by atoms with Crippen LogP contribution in [0.5, 0.6) is 0 Å². The van der Waals surface area contributed by atoms with Gasteiger partial charge >= 0.3 is 0 Å². The van der Waals surface area contributed by atoms with Crippen LogP contribution in [0.15, 0.2) is 47.6 Å². The standard InChI is InChI=1S/C19H29N/c1-5-20(4)15-17-11-7-8-12-18(17)16(2)19(3)13-9-6-10-14-19/h6,8-10,12-13,16H,5,7,11,14-15H2,1-4H3/t16-,19?/m1/s1. The lowest BCUT2D eigenvalue weighted by Crippen LogP contribution is -2.28. The molecular formula is C19H29N. The lowest BCUT2D eigenvalue weighted by molar-refractivity contribution is 0.312. The van der Waals surface area contributed by atoms with E-state index in [1.807, 2.05) is 0 Å². The molecule has 0 saturated heterocycles. The molecule has 0 fully saturated rings. The van der Waals surface area contributed by atoms with Crippen LogP contribution in [-0.2, 0) is 0 Å². The van der Waals surface area contributed by atoms with Crippen molar-refractivity contribution in [2.75, 3.05) is 20.1 Å². The van der Waals surface area contributed by atoms with E-state index in [0.29, 0.717) is 5.92 Å². The van der Waals surface area contributed by atoms with E-state index < -0.39 is 0 Å². The molecule has 0 heterocycles. The van der Waals surface area contributed by atoms with Crippen molar-refractivity contribution >= 4 is 0 Å². The van der Waals surface area contributed by atoms with E-state index in [9.17, 15) is 0 Å². The summed E-state index contributed by atoms with van der Waals surface area (Å²) in [5.41, 5.74) is 3.49. The molecule has 0 N–H and O–H groups in total. The molecule has 110 valence electrons. The Labute approximate surface area is 124 Å². The van der Waals surface area contributed by atoms with Crippen LogP contribution < -0.4 is 0 Å². The molecule has 1 nitrogen and oxygen atoms in total. The van der Waals surface area contributed by atoms with Gasteiger partial charge in [0, 0.05) is 6.54 Å². The van der Waals surface area contributed by atoms with Gasteiger partial charge in [-0.25, -0.2) is 0 Å². The van der Waals surface area contributed by atoms with Crippen molar-refractivity contribution in [1.29, 1.82) is 0 Å². The normalized spacial score (nSPS) is 27.4. The highest BCUT2D eigenvalue weighted by molar-refractivity contribution is 5.35. The maximum Gasteiger partial charge on any atom is 0.0195 e. The lowest BCUT2D eigenvalue weighted by atomic mass is 9.68. The third kappa shape index (κ3) is 3.32. The summed E-state index contributed by atoms with van der Waals surface area (Å²) < 4.78 is 0. The van der Waals surface area contributed by atoms with E-state index in [4.69, 9.17) is 0 Å². The minimum absolute atomic E-state index is 0.266. The molecule has 2 aliphatic carbocycles. The van der Waals surface area contributed by atoms with Gasteiger partial charge in [-0.3, -0.25) is 0 Å². The van der Waals surface area contributed by atoms with Crippen molar-refractivity contribution in [2.24, 2.45) is 11.3 Å². The van der Waals surface area contributed by atoms with E-state index in [1.54, 1.807) is 11.1 Å². The zero-order valence-corrected chi connectivity index (χ0v) is 13.5. The molecule has 20 heavy (non-hydrogen) atoms. The summed E-state index contributed by atoms with van der Waals surface area (Å²) in [4.78, 5) is 2.42. The minimum atomic E-state index is 0.266. The number of allylic oxidation sites excluding steroid dienone is 7. The fourth-order valence-electron chi connectivity index (χ4n) is 3.21. The van der Waals surface area contributed by atoms with Gasteiger partial charge in [-0.15, -0.1) is 0 Å². The van der Waals surface area contributed by atoms with Crippen molar-refractivity contribution in [3.8, 4) is 0 Å². The predicted octanol–water partition coefficient (Wildman–Crippen LogP) is 4.74. The third-order valence-corrected chi connectivity index (χ3v) is 5.06. The Morgan fingerprint density at radius 3 is 2.75 bits per heavy atom. The number of hydrogen-bond acceptors (Lipinski definition) is 1. The molecule has 2 aliphatic rings. The first-order valence-electron chi connectivity index (χ1n) is 7.98. The Hall–Kier alpha value is -1.08. The Morgan fingerprint density at radius 2 is 2.10 bits per heavy atom. The topological polar surface area (TPSA) is 3.24 Å². The molecule has 0 aromatic rings. The molecule has 0 saturated carbocycles. The highest BCUT2D eigenvalue weighted by Gasteiger charge is 2.31. The fourth-order valence-corrected chi connectivity index (χ4v) is 3.21. The summed E-state index contributed by atoms with van der Waals surface area (Å²) in [7, 11) is 2.22. The number of nitrogens with zero attached hydrogens (tertiary/aromatic N) is 1. The first-order chi connectivity index (χ1) is 9.57. The number of hydrogen-bond donors (Lipinski definition) is 0. The highest BCUT2D eigenvalue weighted by atomic mass is 15.1. The molecular weight excluding hydrogens is 242 g/mol. The van der Waals surface area contributed by atoms with Gasteiger partial charge < -0.3 is 4.90 Å². The zero-order chi connectivity index (χ0) is 14.6. The molecule has 0 aliphatic heterocycles. The third-order valence-electron chi connectivity index (χ3n) is 5.06. The maximum absolute atomic E-state index is 2.42. The van der Waals surface area contributed by atoms with Crippen molar-refractivity contribution in [3.05, 3.63) is 47.6 Å². The van der Waals surface area contributed by atoms with Crippen LogP contribution in [0.2, 0.25) is 0 Å². The van der Waals surface area contributed by atoms with Crippen LogP contribution in [0.1, 0.15) is 40.0 Å². The summed E-state index contributed by atoms with van der Waals surface area (Å²) in [6.07, 6.45) is 17.4. The van der Waals surface area contributed by atoms with Crippen LogP contribution in [0, 0.1) is 11.3 Å². The van der Waals surface area contributed by atoms with E-state index in [-0.39, 0.29) is 5.41 Å². The average Bonchev–Trinajstić information content (AvgIpc) is 2.47. The second kappa shape index (κ2) is 6.58. The molecule has 0 aromatic heterocycles. The largest absolute Gasteiger partial charge is 0.303 e. The average molecular weight is 271 g/mol. The minimum Gasteiger partial charge on any atom is -0.303 e. The van der Waals surface area contributed by atoms with Crippen molar-refractivity contribution in [1.82, 2.24) is 4.90 Å². The highest BCUT2D eigenvalue weighted by Crippen LogP contribution is 2.42. The van der Waals surface area contributed by atoms with E-state index in [1.165, 1.54) is 12.8 Å². The van der Waals surface area contributed by atoms with Gasteiger partial charge in [0.2, 0.25) is 0 Å². The SMILES string of the molecule is CCN(C)CC1=C([C@@H](C)C2(C)C=CC=CC2)C=CCC1. The van der Waals surface area contributed by atoms with Gasteiger partial charge in [0.25, 0.3) is 0 Å². The Kier molecular flexibility index (Phi) is 5.04. The first kappa shape index (κ1) is 15.3. The van der Waals surface area contributed by atoms with E-state index >= 15 is 0 Å². The molecule has 2 atom stereocenters. The van der Waals surface area contributed by atoms with E-state index in [2.05, 4.69) is 69.2 Å². The van der Waals surface area contributed by atoms with Crippen molar-refractivity contribution < 1.29 is 0 Å². The Morgan fingerprint density at radius 1 is 1.30 bits per heavy atom. The number of likely N-dealkylation sites (N-methyl/N-ethyl adjacent to an activating group) is 1. The van der Waals surface area contributed by atoms with Gasteiger partial charge in [0.15, 0.2) is 0 Å². The lowest BCUT2D eigenvalue weighted by Gasteiger charge is -2.37. The van der Waals surface area contributed by atoms with Gasteiger partial charge in [0.1, 0.15) is 0 Å². The monoisotopic (exact) mass is 271 g/mol. The second-order valence-corrected chi connectivity index (χ2v) is 6.55. The zero-order valence-electron chi connectivity index (χ0n) is 13.5. The van der Waals surface area contributed by atoms with Crippen LogP contribution in [0.4, 0.5) is 0 Å². The van der Waals surface area contributed by atoms with Gasteiger partial charge in [-0.1, -0.05) is 62.8 Å². The Bertz CT molecular complexity index is 452. The second-order valence-electron chi connectivity index (χ2n) is 6.55. The van der Waals surface area contributed by atoms with Crippen molar-refractivity contribution in [3.63, 3.8) is 0 Å². The van der Waals surface area contributed by atoms with E-state index in [0.717, 1.165) is 19.5 Å². The molecule has 1 heteroatoms. The molecule has 0 amide bonds. The summed E-state index contributed by atoms with van der Waals surface area (Å²) >= 11 is 0. The van der Waals surface area contributed by atoms with Crippen LogP contribution in [-0.4, -0.2) is 25.0 Å². The smallest absolute Gasteiger partial charge is 0.0195 e. The van der Waals surface area contributed by atoms with Crippen LogP contribution in [0.25, 0.3) is 0 Å². The van der Waals surface area contributed by atoms with Gasteiger partial charge in [0.05, 0.1) is 0 Å². The summed E-state index contributed by atoms with van der Waals surface area (Å²) in [5, 5.41) is 0. The quantitative estimate of drug-likeness (QED) is 0.698. The molecule has 1 unspecified atom stereocenters. The summed E-state index contributed by atoms with van der Waals surface area (Å²) in [6.45, 7) is 9.28. The van der Waals surface area contributed by atoms with Gasteiger partial charge in [-0.2, -0.15) is 0 Å². The van der Waals surface area contributed by atoms with Crippen LogP contribution >= 0.6 is 0 Å². The molecule has 0 aromatic carbocycles. The molecule has 2 rings (SSSR count). The van der Waals surface area contributed by atoms with Gasteiger partial charge in [-0.05, 0) is 49.8 Å². The Balaban J connectivity index is 2.24. The van der Waals surface area contributed by atoms with Crippen molar-refractivity contribution in [2.45, 2.75) is 40.0 Å². The molecule has 0 spiro atoms.